The van der Waals surface area contributed by atoms with Gasteiger partial charge in [-0.1, -0.05) is 12.2 Å². The van der Waals surface area contributed by atoms with Crippen molar-refractivity contribution in [2.45, 2.75) is 49.9 Å². The molecule has 2 heterocycles. The number of amides is 1. The Kier molecular flexibility index (Phi) is 3.53. The van der Waals surface area contributed by atoms with Crippen molar-refractivity contribution in [2.75, 3.05) is 5.88 Å². The van der Waals surface area contributed by atoms with Crippen molar-refractivity contribution in [1.82, 2.24) is 5.32 Å². The first-order chi connectivity index (χ1) is 9.97. The lowest BCUT2D eigenvalue weighted by molar-refractivity contribution is -0.238. The van der Waals surface area contributed by atoms with E-state index < -0.39 is 29.1 Å². The van der Waals surface area contributed by atoms with Crippen LogP contribution < -0.4 is 5.32 Å². The summed E-state index contributed by atoms with van der Waals surface area (Å²) in [5.74, 6) is -1.14. The lowest BCUT2D eigenvalue weighted by Crippen LogP contribution is -2.80. The number of carbonyl (C=O) groups is 2. The van der Waals surface area contributed by atoms with Crippen molar-refractivity contribution in [3.63, 3.8) is 0 Å². The predicted molar refractivity (Wildman–Crippen MR) is 76.7 cm³/mol. The summed E-state index contributed by atoms with van der Waals surface area (Å²) in [6.45, 7) is 1.72. The maximum Gasteiger partial charge on any atom is 0.339 e. The van der Waals surface area contributed by atoms with Gasteiger partial charge in [-0.05, 0) is 32.6 Å². The Morgan fingerprint density at radius 3 is 2.90 bits per heavy atom. The number of aliphatic hydroxyl groups excluding tert-OH is 1. The van der Waals surface area contributed by atoms with E-state index >= 15 is 0 Å². The van der Waals surface area contributed by atoms with Gasteiger partial charge in [-0.2, -0.15) is 0 Å². The third-order valence-electron chi connectivity index (χ3n) is 5.25. The molecule has 1 aliphatic carbocycles. The van der Waals surface area contributed by atoms with E-state index in [2.05, 4.69) is 5.32 Å². The minimum Gasteiger partial charge on any atom is -0.453 e. The number of hydrogen-bond donors (Lipinski definition) is 2. The summed E-state index contributed by atoms with van der Waals surface area (Å²) in [6, 6.07) is 0. The molecule has 6 heteroatoms. The SMILES string of the molecule is C[C@@]12OC(=O)[C@]1(C(O)C1C=CCCC1)NC(=O)[C@@H]2CCCl. The first-order valence-corrected chi connectivity index (χ1v) is 7.97. The molecule has 2 aliphatic heterocycles. The standard InChI is InChI=1S/C15H20ClNO4/c1-14-10(7-8-16)12(19)17-15(14,13(20)21-14)11(18)9-5-3-2-4-6-9/h3,5,9-11,18H,2,4,6-8H2,1H3,(H,17,19)/t9?,10-,11?,14-,15-/m0/s1. The van der Waals surface area contributed by atoms with Crippen LogP contribution in [0.5, 0.6) is 0 Å². The van der Waals surface area contributed by atoms with Crippen LogP contribution in [0.15, 0.2) is 12.2 Å². The van der Waals surface area contributed by atoms with Crippen LogP contribution in [-0.2, 0) is 14.3 Å². The highest BCUT2D eigenvalue weighted by Crippen LogP contribution is 2.53. The molecule has 2 N–H and O–H groups in total. The minimum absolute atomic E-state index is 0.138. The van der Waals surface area contributed by atoms with E-state index in [-0.39, 0.29) is 11.8 Å². The average Bonchev–Trinajstić information content (AvgIpc) is 2.65. The lowest BCUT2D eigenvalue weighted by atomic mass is 9.64. The first-order valence-electron chi connectivity index (χ1n) is 7.43. The first kappa shape index (κ1) is 14.9. The van der Waals surface area contributed by atoms with Crippen LogP contribution in [0.1, 0.15) is 32.6 Å². The molecule has 0 bridgehead atoms. The van der Waals surface area contributed by atoms with E-state index in [1.54, 1.807) is 6.92 Å². The number of nitrogens with one attached hydrogen (secondary N) is 1. The summed E-state index contributed by atoms with van der Waals surface area (Å²) in [5.41, 5.74) is -2.34. The topological polar surface area (TPSA) is 75.6 Å². The van der Waals surface area contributed by atoms with E-state index in [0.29, 0.717) is 12.3 Å². The molecule has 0 aromatic rings. The number of allylic oxidation sites excluding steroid dienone is 1. The average molecular weight is 314 g/mol. The number of fused-ring (bicyclic) bond motifs is 1. The van der Waals surface area contributed by atoms with Gasteiger partial charge in [0.05, 0.1) is 12.0 Å². The second kappa shape index (κ2) is 4.99. The maximum absolute atomic E-state index is 12.2. The molecule has 2 saturated heterocycles. The maximum atomic E-state index is 12.2. The lowest BCUT2D eigenvalue weighted by Gasteiger charge is -2.54. The van der Waals surface area contributed by atoms with Crippen molar-refractivity contribution in [2.24, 2.45) is 11.8 Å². The fourth-order valence-corrected chi connectivity index (χ4v) is 4.21. The Hall–Kier alpha value is -1.07. The second-order valence-corrected chi connectivity index (χ2v) is 6.67. The van der Waals surface area contributed by atoms with E-state index in [1.165, 1.54) is 0 Å². The summed E-state index contributed by atoms with van der Waals surface area (Å²) >= 11 is 5.76. The van der Waals surface area contributed by atoms with Crippen molar-refractivity contribution in [3.05, 3.63) is 12.2 Å². The van der Waals surface area contributed by atoms with E-state index in [1.807, 2.05) is 12.2 Å². The van der Waals surface area contributed by atoms with E-state index in [0.717, 1.165) is 19.3 Å². The van der Waals surface area contributed by atoms with Crippen LogP contribution >= 0.6 is 11.6 Å². The highest BCUT2D eigenvalue weighted by atomic mass is 35.5. The molecule has 116 valence electrons. The Balaban J connectivity index is 1.94. The van der Waals surface area contributed by atoms with Gasteiger partial charge in [-0.25, -0.2) is 4.79 Å². The molecule has 0 aromatic heterocycles. The van der Waals surface area contributed by atoms with Gasteiger partial charge in [0, 0.05) is 11.8 Å². The molecule has 0 saturated carbocycles. The minimum atomic E-state index is -1.33. The summed E-state index contributed by atoms with van der Waals surface area (Å²) in [5, 5.41) is 13.5. The predicted octanol–water partition coefficient (Wildman–Crippen LogP) is 1.13. The Morgan fingerprint density at radius 2 is 2.33 bits per heavy atom. The summed E-state index contributed by atoms with van der Waals surface area (Å²) in [7, 11) is 0. The molecule has 3 rings (SSSR count). The van der Waals surface area contributed by atoms with Gasteiger partial charge >= 0.3 is 5.97 Å². The van der Waals surface area contributed by atoms with Gasteiger partial charge in [0.15, 0.2) is 5.60 Å². The number of alkyl halides is 1. The molecular weight excluding hydrogens is 294 g/mol. The fraction of sp³-hybridized carbons (Fsp3) is 0.733. The van der Waals surface area contributed by atoms with E-state index in [4.69, 9.17) is 16.3 Å². The number of rotatable bonds is 4. The monoisotopic (exact) mass is 313 g/mol. The van der Waals surface area contributed by atoms with Crippen molar-refractivity contribution >= 4 is 23.5 Å². The summed E-state index contributed by atoms with van der Waals surface area (Å²) in [6.07, 6.45) is 6.17. The van der Waals surface area contributed by atoms with Gasteiger partial charge < -0.3 is 15.2 Å². The summed E-state index contributed by atoms with van der Waals surface area (Å²) < 4.78 is 5.34. The summed E-state index contributed by atoms with van der Waals surface area (Å²) in [4.78, 5) is 24.4. The van der Waals surface area contributed by atoms with Gasteiger partial charge in [0.2, 0.25) is 11.4 Å². The molecule has 0 aromatic carbocycles. The van der Waals surface area contributed by atoms with Gasteiger partial charge in [0.25, 0.3) is 0 Å². The molecule has 0 radical (unpaired) electrons. The fourth-order valence-electron chi connectivity index (χ4n) is 3.99. The van der Waals surface area contributed by atoms with Crippen molar-refractivity contribution < 1.29 is 19.4 Å². The molecule has 5 nitrogen and oxygen atoms in total. The molecule has 1 amide bonds. The van der Waals surface area contributed by atoms with Gasteiger partial charge in [-0.3, -0.25) is 4.79 Å². The number of hydrogen-bond acceptors (Lipinski definition) is 4. The number of esters is 1. The zero-order valence-electron chi connectivity index (χ0n) is 12.0. The van der Waals surface area contributed by atoms with Crippen LogP contribution in [0.3, 0.4) is 0 Å². The van der Waals surface area contributed by atoms with Crippen LogP contribution in [0.4, 0.5) is 0 Å². The number of halogens is 1. The molecule has 3 aliphatic rings. The largest absolute Gasteiger partial charge is 0.453 e. The van der Waals surface area contributed by atoms with Crippen LogP contribution in [0, 0.1) is 11.8 Å². The molecule has 21 heavy (non-hydrogen) atoms. The Morgan fingerprint density at radius 1 is 1.57 bits per heavy atom. The number of ether oxygens (including phenoxy) is 1. The Labute approximate surface area is 128 Å². The molecular formula is C15H20ClNO4. The zero-order chi connectivity index (χ0) is 15.3. The van der Waals surface area contributed by atoms with Gasteiger partial charge in [0.1, 0.15) is 0 Å². The number of aliphatic hydroxyl groups is 1. The molecule has 0 spiro atoms. The third kappa shape index (κ3) is 1.80. The second-order valence-electron chi connectivity index (χ2n) is 6.29. The van der Waals surface area contributed by atoms with Crippen molar-refractivity contribution in [1.29, 1.82) is 0 Å². The van der Waals surface area contributed by atoms with Gasteiger partial charge in [-0.15, -0.1) is 11.6 Å². The molecule has 2 unspecified atom stereocenters. The normalized spacial score (nSPS) is 42.8. The van der Waals surface area contributed by atoms with E-state index in [9.17, 15) is 14.7 Å². The quantitative estimate of drug-likeness (QED) is 0.463. The van der Waals surface area contributed by atoms with Crippen molar-refractivity contribution in [3.8, 4) is 0 Å². The highest BCUT2D eigenvalue weighted by Gasteiger charge is 2.79. The molecule has 2 fully saturated rings. The zero-order valence-corrected chi connectivity index (χ0v) is 12.7. The third-order valence-corrected chi connectivity index (χ3v) is 5.47. The van der Waals surface area contributed by atoms with Crippen LogP contribution in [-0.4, -0.2) is 40.1 Å². The smallest absolute Gasteiger partial charge is 0.339 e. The highest BCUT2D eigenvalue weighted by molar-refractivity contribution is 6.18. The Bertz CT molecular complexity index is 508. The molecule has 5 atom stereocenters. The van der Waals surface area contributed by atoms with Crippen LogP contribution in [0.25, 0.3) is 0 Å². The van der Waals surface area contributed by atoms with Crippen LogP contribution in [0.2, 0.25) is 0 Å². The number of carbonyl (C=O) groups excluding carboxylic acids is 2.